The van der Waals surface area contributed by atoms with E-state index < -0.39 is 0 Å². The topological polar surface area (TPSA) is 101 Å². The van der Waals surface area contributed by atoms with E-state index >= 15 is 0 Å². The Kier molecular flexibility index (Phi) is 5.68. The second-order valence-corrected chi connectivity index (χ2v) is 9.09. The maximum atomic E-state index is 13.1. The second kappa shape index (κ2) is 8.38. The second-order valence-electron chi connectivity index (χ2n) is 6.85. The molecule has 1 aromatic carbocycles. The van der Waals surface area contributed by atoms with Crippen LogP contribution in [0.15, 0.2) is 34.5 Å². The lowest BCUT2D eigenvalue weighted by Crippen LogP contribution is -2.24. The molecule has 9 heteroatoms. The number of primary amides is 1. The molecule has 29 heavy (non-hydrogen) atoms. The number of aromatic nitrogens is 2. The highest BCUT2D eigenvalue weighted by Gasteiger charge is 2.23. The quantitative estimate of drug-likeness (QED) is 0.585. The number of carbonyl (C=O) groups is 2. The predicted molar refractivity (Wildman–Crippen MR) is 118 cm³/mol. The maximum Gasteiger partial charge on any atom is 0.261 e. The standard InChI is InChI=1S/C20H21N5O2S2/c1-12-19(28-11-16(21)26)29-20(22-12)24-18(27)14-10-13-6-2-3-7-15(13)23-17(14)25-8-4-5-9-25/h2-3,6-7,10H,4-5,8-9,11H2,1H3,(H2,21,26)(H,22,24,27). The van der Waals surface area contributed by atoms with E-state index in [1.54, 1.807) is 0 Å². The number of amides is 2. The molecule has 3 heterocycles. The minimum Gasteiger partial charge on any atom is -0.369 e. The third-order valence-corrected chi connectivity index (χ3v) is 7.13. The van der Waals surface area contributed by atoms with Gasteiger partial charge in [0.05, 0.1) is 26.7 Å². The van der Waals surface area contributed by atoms with E-state index in [9.17, 15) is 9.59 Å². The molecule has 7 nitrogen and oxygen atoms in total. The lowest BCUT2D eigenvalue weighted by Gasteiger charge is -2.20. The highest BCUT2D eigenvalue weighted by Crippen LogP contribution is 2.33. The van der Waals surface area contributed by atoms with E-state index in [1.165, 1.54) is 23.1 Å². The molecule has 1 aliphatic rings. The van der Waals surface area contributed by atoms with E-state index in [0.717, 1.165) is 52.6 Å². The molecule has 4 rings (SSSR count). The number of rotatable bonds is 6. The van der Waals surface area contributed by atoms with Gasteiger partial charge in [-0.05, 0) is 31.9 Å². The minimum atomic E-state index is -0.383. The van der Waals surface area contributed by atoms with Crippen molar-refractivity contribution in [2.75, 3.05) is 29.1 Å². The van der Waals surface area contributed by atoms with E-state index in [4.69, 9.17) is 10.7 Å². The van der Waals surface area contributed by atoms with Crippen LogP contribution < -0.4 is 16.0 Å². The number of fused-ring (bicyclic) bond motifs is 1. The zero-order valence-corrected chi connectivity index (χ0v) is 17.6. The van der Waals surface area contributed by atoms with Crippen LogP contribution in [0, 0.1) is 6.92 Å². The van der Waals surface area contributed by atoms with Gasteiger partial charge in [0, 0.05) is 18.5 Å². The van der Waals surface area contributed by atoms with E-state index in [0.29, 0.717) is 10.7 Å². The summed E-state index contributed by atoms with van der Waals surface area (Å²) in [5, 5.41) is 4.33. The van der Waals surface area contributed by atoms with Gasteiger partial charge in [-0.25, -0.2) is 9.97 Å². The van der Waals surface area contributed by atoms with Gasteiger partial charge in [-0.2, -0.15) is 0 Å². The van der Waals surface area contributed by atoms with Gasteiger partial charge in [0.25, 0.3) is 5.91 Å². The zero-order valence-electron chi connectivity index (χ0n) is 16.0. The number of benzene rings is 1. The summed E-state index contributed by atoms with van der Waals surface area (Å²) in [5.41, 5.74) is 7.41. The number of nitrogens with one attached hydrogen (secondary N) is 1. The van der Waals surface area contributed by atoms with Crippen molar-refractivity contribution in [3.63, 3.8) is 0 Å². The number of carbonyl (C=O) groups excluding carboxylic acids is 2. The number of para-hydroxylation sites is 1. The first-order valence-electron chi connectivity index (χ1n) is 9.36. The highest BCUT2D eigenvalue weighted by molar-refractivity contribution is 8.01. The first-order chi connectivity index (χ1) is 14.0. The van der Waals surface area contributed by atoms with Gasteiger partial charge < -0.3 is 10.6 Å². The van der Waals surface area contributed by atoms with Crippen molar-refractivity contribution in [1.82, 2.24) is 9.97 Å². The number of hydrogen-bond acceptors (Lipinski definition) is 7. The third kappa shape index (κ3) is 4.35. The first kappa shape index (κ1) is 19.7. The summed E-state index contributed by atoms with van der Waals surface area (Å²) in [6, 6.07) is 9.71. The molecule has 3 aromatic rings. The van der Waals surface area contributed by atoms with Crippen LogP contribution in [0.4, 0.5) is 10.9 Å². The fourth-order valence-electron chi connectivity index (χ4n) is 3.31. The molecule has 0 atom stereocenters. The molecule has 3 N–H and O–H groups in total. The monoisotopic (exact) mass is 427 g/mol. The summed E-state index contributed by atoms with van der Waals surface area (Å²) in [5.74, 6) is 0.288. The number of hydrogen-bond donors (Lipinski definition) is 2. The SMILES string of the molecule is Cc1nc(NC(=O)c2cc3ccccc3nc2N2CCCC2)sc1SCC(N)=O. The fraction of sp³-hybridized carbons (Fsp3) is 0.300. The minimum absolute atomic E-state index is 0.185. The van der Waals surface area contributed by atoms with Gasteiger partial charge in [0.1, 0.15) is 5.82 Å². The van der Waals surface area contributed by atoms with Crippen molar-refractivity contribution in [3.8, 4) is 0 Å². The number of pyridine rings is 1. The Balaban J connectivity index is 1.63. The molecule has 1 fully saturated rings. The van der Waals surface area contributed by atoms with E-state index in [1.807, 2.05) is 37.3 Å². The van der Waals surface area contributed by atoms with E-state index in [2.05, 4.69) is 15.2 Å². The van der Waals surface area contributed by atoms with Crippen LogP contribution in [-0.4, -0.2) is 40.6 Å². The average molecular weight is 428 g/mol. The molecule has 1 aliphatic heterocycles. The maximum absolute atomic E-state index is 13.1. The Labute approximate surface area is 176 Å². The van der Waals surface area contributed by atoms with Crippen LogP contribution >= 0.6 is 23.1 Å². The van der Waals surface area contributed by atoms with Gasteiger partial charge in [-0.1, -0.05) is 29.5 Å². The molecule has 0 saturated carbocycles. The molecule has 1 saturated heterocycles. The molecular formula is C20H21N5O2S2. The number of aryl methyl sites for hydroxylation is 1. The Morgan fingerprint density at radius 1 is 1.24 bits per heavy atom. The molecule has 0 spiro atoms. The van der Waals surface area contributed by atoms with Crippen LogP contribution in [0.1, 0.15) is 28.9 Å². The first-order valence-corrected chi connectivity index (χ1v) is 11.2. The summed E-state index contributed by atoms with van der Waals surface area (Å²) in [6.45, 7) is 3.65. The smallest absolute Gasteiger partial charge is 0.261 e. The highest BCUT2D eigenvalue weighted by atomic mass is 32.2. The predicted octanol–water partition coefficient (Wildman–Crippen LogP) is 3.43. The number of thiazole rings is 1. The van der Waals surface area contributed by atoms with Crippen LogP contribution in [0.5, 0.6) is 0 Å². The van der Waals surface area contributed by atoms with Crippen LogP contribution in [0.2, 0.25) is 0 Å². The fourth-order valence-corrected chi connectivity index (χ4v) is 5.19. The molecule has 2 amide bonds. The lowest BCUT2D eigenvalue weighted by molar-refractivity contribution is -0.115. The average Bonchev–Trinajstić information content (AvgIpc) is 3.35. The summed E-state index contributed by atoms with van der Waals surface area (Å²) in [4.78, 5) is 35.5. The van der Waals surface area contributed by atoms with Crippen LogP contribution in [0.3, 0.4) is 0 Å². The van der Waals surface area contributed by atoms with Crippen molar-refractivity contribution in [3.05, 3.63) is 41.6 Å². The molecule has 0 unspecified atom stereocenters. The largest absolute Gasteiger partial charge is 0.369 e. The number of anilines is 2. The molecular weight excluding hydrogens is 406 g/mol. The Morgan fingerprint density at radius 3 is 2.76 bits per heavy atom. The van der Waals surface area contributed by atoms with Gasteiger partial charge in [-0.3, -0.25) is 14.9 Å². The van der Waals surface area contributed by atoms with Crippen molar-refractivity contribution in [2.24, 2.45) is 5.73 Å². The Morgan fingerprint density at radius 2 is 2.00 bits per heavy atom. The summed E-state index contributed by atoms with van der Waals surface area (Å²) < 4.78 is 0.871. The van der Waals surface area contributed by atoms with Crippen molar-refractivity contribution >= 4 is 56.8 Å². The summed E-state index contributed by atoms with van der Waals surface area (Å²) in [7, 11) is 0. The van der Waals surface area contributed by atoms with Gasteiger partial charge in [0.2, 0.25) is 5.91 Å². The van der Waals surface area contributed by atoms with Gasteiger partial charge in [0.15, 0.2) is 5.13 Å². The number of nitrogens with zero attached hydrogens (tertiary/aromatic N) is 3. The summed E-state index contributed by atoms with van der Waals surface area (Å²) in [6.07, 6.45) is 2.20. The normalized spacial score (nSPS) is 13.8. The molecule has 0 aliphatic carbocycles. The van der Waals surface area contributed by atoms with Crippen LogP contribution in [-0.2, 0) is 4.79 Å². The molecule has 0 bridgehead atoms. The van der Waals surface area contributed by atoms with Crippen LogP contribution in [0.25, 0.3) is 10.9 Å². The van der Waals surface area contributed by atoms with Crippen molar-refractivity contribution in [1.29, 1.82) is 0 Å². The number of nitrogens with two attached hydrogens (primary N) is 1. The van der Waals surface area contributed by atoms with Crippen molar-refractivity contribution in [2.45, 2.75) is 24.0 Å². The number of thioether (sulfide) groups is 1. The van der Waals surface area contributed by atoms with E-state index in [-0.39, 0.29) is 17.6 Å². The molecule has 2 aromatic heterocycles. The third-order valence-electron chi connectivity index (χ3n) is 4.67. The Hall–Kier alpha value is -2.65. The summed E-state index contributed by atoms with van der Waals surface area (Å²) >= 11 is 2.68. The molecule has 150 valence electrons. The van der Waals surface area contributed by atoms with Gasteiger partial charge >= 0.3 is 0 Å². The van der Waals surface area contributed by atoms with Crippen molar-refractivity contribution < 1.29 is 9.59 Å². The molecule has 0 radical (unpaired) electrons. The Bertz CT molecular complexity index is 1080. The zero-order chi connectivity index (χ0) is 20.4. The lowest BCUT2D eigenvalue weighted by atomic mass is 10.1. The van der Waals surface area contributed by atoms with Gasteiger partial charge in [-0.15, -0.1) is 11.8 Å².